The molecule has 0 bridgehead atoms. The van der Waals surface area contributed by atoms with Crippen LogP contribution in [0.15, 0.2) is 22.1 Å². The highest BCUT2D eigenvalue weighted by Crippen LogP contribution is 2.12. The molecule has 0 saturated heterocycles. The van der Waals surface area contributed by atoms with Crippen molar-refractivity contribution in [3.8, 4) is 0 Å². The molecular weight excluding hydrogens is 124 g/mol. The number of fused-ring (bicyclic) bond motifs is 1. The minimum absolute atomic E-state index is 0.433. The first-order chi connectivity index (χ1) is 4.97. The molecule has 0 aliphatic carbocycles. The van der Waals surface area contributed by atoms with E-state index in [2.05, 4.69) is 22.1 Å². The molecule has 0 N–H and O–H groups in total. The number of dihydropyridines is 1. The van der Waals surface area contributed by atoms with Crippen LogP contribution in [0.1, 0.15) is 6.42 Å². The summed E-state index contributed by atoms with van der Waals surface area (Å²) >= 11 is 0. The van der Waals surface area contributed by atoms with Gasteiger partial charge in [-0.3, -0.25) is 9.98 Å². The van der Waals surface area contributed by atoms with E-state index in [9.17, 15) is 0 Å². The Labute approximate surface area is 60.4 Å². The molecule has 2 heteroatoms. The van der Waals surface area contributed by atoms with E-state index in [-0.39, 0.29) is 0 Å². The van der Waals surface area contributed by atoms with E-state index in [1.165, 1.54) is 5.71 Å². The second-order valence-electron chi connectivity index (χ2n) is 2.59. The van der Waals surface area contributed by atoms with E-state index in [0.29, 0.717) is 5.92 Å². The second-order valence-corrected chi connectivity index (χ2v) is 2.59. The predicted octanol–water partition coefficient (Wildman–Crippen LogP) is 1.09. The fraction of sp³-hybridized carbons (Fsp3) is 0.500. The third-order valence-corrected chi connectivity index (χ3v) is 1.89. The van der Waals surface area contributed by atoms with Crippen molar-refractivity contribution in [2.24, 2.45) is 15.9 Å². The van der Waals surface area contributed by atoms with Gasteiger partial charge in [0.15, 0.2) is 0 Å². The van der Waals surface area contributed by atoms with Crippen LogP contribution in [0.4, 0.5) is 0 Å². The Kier molecular flexibility index (Phi) is 1.38. The summed E-state index contributed by atoms with van der Waals surface area (Å²) in [7, 11) is 0. The fourth-order valence-electron chi connectivity index (χ4n) is 1.34. The summed E-state index contributed by atoms with van der Waals surface area (Å²) < 4.78 is 0. The van der Waals surface area contributed by atoms with Gasteiger partial charge in [0.2, 0.25) is 0 Å². The number of rotatable bonds is 0. The van der Waals surface area contributed by atoms with E-state index in [1.54, 1.807) is 0 Å². The normalized spacial score (nSPS) is 29.6. The zero-order valence-corrected chi connectivity index (χ0v) is 5.83. The van der Waals surface area contributed by atoms with Crippen molar-refractivity contribution >= 4 is 11.9 Å². The highest BCUT2D eigenvalue weighted by molar-refractivity contribution is 6.02. The molecule has 0 aromatic heterocycles. The Bertz CT molecular complexity index is 213. The molecule has 0 amide bonds. The average Bonchev–Trinajstić information content (AvgIpc) is 2.05. The number of hydrogen-bond acceptors (Lipinski definition) is 2. The van der Waals surface area contributed by atoms with Gasteiger partial charge in [-0.25, -0.2) is 0 Å². The van der Waals surface area contributed by atoms with E-state index in [0.717, 1.165) is 19.5 Å². The molecule has 2 heterocycles. The predicted molar refractivity (Wildman–Crippen MR) is 42.9 cm³/mol. The molecule has 2 nitrogen and oxygen atoms in total. The molecule has 0 radical (unpaired) electrons. The molecule has 2 aliphatic rings. The third-order valence-electron chi connectivity index (χ3n) is 1.89. The number of allylic oxidation sites excluding steroid dienone is 1. The minimum Gasteiger partial charge on any atom is -0.296 e. The maximum atomic E-state index is 4.39. The Balaban J connectivity index is 2.26. The first-order valence-electron chi connectivity index (χ1n) is 3.66. The summed E-state index contributed by atoms with van der Waals surface area (Å²) in [5, 5.41) is 0. The van der Waals surface area contributed by atoms with Gasteiger partial charge in [0.25, 0.3) is 0 Å². The summed E-state index contributed by atoms with van der Waals surface area (Å²) in [5.74, 6) is 0.433. The Morgan fingerprint density at radius 2 is 2.50 bits per heavy atom. The van der Waals surface area contributed by atoms with E-state index in [1.807, 2.05) is 6.21 Å². The van der Waals surface area contributed by atoms with Gasteiger partial charge < -0.3 is 0 Å². The Morgan fingerprint density at radius 3 is 3.40 bits per heavy atom. The molecular formula is C8H10N2. The standard InChI is InChI=1S/C8H10N2/c1-2-7-6-9-5-3-8(7)10-4-1/h1-2,6-7H,3-5H2. The van der Waals surface area contributed by atoms with Crippen molar-refractivity contribution in [3.63, 3.8) is 0 Å². The summed E-state index contributed by atoms with van der Waals surface area (Å²) in [6.45, 7) is 1.81. The summed E-state index contributed by atoms with van der Waals surface area (Å²) in [6, 6.07) is 0. The molecule has 0 saturated carbocycles. The highest BCUT2D eigenvalue weighted by atomic mass is 14.8. The van der Waals surface area contributed by atoms with E-state index >= 15 is 0 Å². The van der Waals surface area contributed by atoms with Gasteiger partial charge >= 0.3 is 0 Å². The number of nitrogens with zero attached hydrogens (tertiary/aromatic N) is 2. The van der Waals surface area contributed by atoms with Crippen molar-refractivity contribution in [2.45, 2.75) is 6.42 Å². The largest absolute Gasteiger partial charge is 0.296 e. The maximum absolute atomic E-state index is 4.39. The molecule has 0 spiro atoms. The molecule has 0 aromatic rings. The van der Waals surface area contributed by atoms with Crippen LogP contribution < -0.4 is 0 Å². The van der Waals surface area contributed by atoms with Gasteiger partial charge in [-0.2, -0.15) is 0 Å². The van der Waals surface area contributed by atoms with Gasteiger partial charge in [-0.05, 0) is 0 Å². The second kappa shape index (κ2) is 2.37. The molecule has 1 unspecified atom stereocenters. The maximum Gasteiger partial charge on any atom is 0.0570 e. The van der Waals surface area contributed by atoms with Crippen LogP contribution in [-0.4, -0.2) is 25.0 Å². The van der Waals surface area contributed by atoms with Gasteiger partial charge in [0.05, 0.1) is 6.54 Å². The average molecular weight is 134 g/mol. The van der Waals surface area contributed by atoms with Crippen molar-refractivity contribution in [1.82, 2.24) is 0 Å². The van der Waals surface area contributed by atoms with Gasteiger partial charge in [-0.15, -0.1) is 0 Å². The van der Waals surface area contributed by atoms with Gasteiger partial charge in [0, 0.05) is 30.8 Å². The van der Waals surface area contributed by atoms with Gasteiger partial charge in [-0.1, -0.05) is 12.2 Å². The van der Waals surface area contributed by atoms with Crippen LogP contribution in [0.5, 0.6) is 0 Å². The molecule has 52 valence electrons. The molecule has 2 rings (SSSR count). The van der Waals surface area contributed by atoms with Crippen molar-refractivity contribution < 1.29 is 0 Å². The number of hydrogen-bond donors (Lipinski definition) is 0. The van der Waals surface area contributed by atoms with E-state index < -0.39 is 0 Å². The third kappa shape index (κ3) is 0.897. The van der Waals surface area contributed by atoms with Crippen molar-refractivity contribution in [2.75, 3.05) is 13.1 Å². The van der Waals surface area contributed by atoms with E-state index in [4.69, 9.17) is 0 Å². The monoisotopic (exact) mass is 134 g/mol. The highest BCUT2D eigenvalue weighted by Gasteiger charge is 2.15. The Morgan fingerprint density at radius 1 is 1.50 bits per heavy atom. The summed E-state index contributed by atoms with van der Waals surface area (Å²) in [5.41, 5.74) is 1.32. The minimum atomic E-state index is 0.433. The quantitative estimate of drug-likeness (QED) is 0.443. The van der Waals surface area contributed by atoms with Crippen LogP contribution >= 0.6 is 0 Å². The zero-order chi connectivity index (χ0) is 6.81. The lowest BCUT2D eigenvalue weighted by atomic mass is 9.97. The molecule has 1 atom stereocenters. The summed E-state index contributed by atoms with van der Waals surface area (Å²) in [6.07, 6.45) is 7.35. The lowest BCUT2D eigenvalue weighted by Gasteiger charge is -2.17. The number of aliphatic imine (C=N–C) groups is 2. The fourth-order valence-corrected chi connectivity index (χ4v) is 1.34. The zero-order valence-electron chi connectivity index (χ0n) is 5.83. The molecule has 2 aliphatic heterocycles. The molecule has 0 aromatic carbocycles. The van der Waals surface area contributed by atoms with Crippen LogP contribution in [0.2, 0.25) is 0 Å². The van der Waals surface area contributed by atoms with Gasteiger partial charge in [0.1, 0.15) is 0 Å². The SMILES string of the molecule is C1=CC2C=NCCC2=NC1. The van der Waals surface area contributed by atoms with Crippen LogP contribution in [0.25, 0.3) is 0 Å². The molecule has 0 fully saturated rings. The Hall–Kier alpha value is -0.920. The topological polar surface area (TPSA) is 24.7 Å². The van der Waals surface area contributed by atoms with Crippen LogP contribution in [0.3, 0.4) is 0 Å². The first kappa shape index (κ1) is 5.83. The van der Waals surface area contributed by atoms with Crippen LogP contribution in [0, 0.1) is 5.92 Å². The van der Waals surface area contributed by atoms with Crippen molar-refractivity contribution in [1.29, 1.82) is 0 Å². The lowest BCUT2D eigenvalue weighted by molar-refractivity contribution is 0.924. The molecule has 10 heavy (non-hydrogen) atoms. The first-order valence-corrected chi connectivity index (χ1v) is 3.66. The lowest BCUT2D eigenvalue weighted by Crippen LogP contribution is -2.21. The van der Waals surface area contributed by atoms with Crippen molar-refractivity contribution in [3.05, 3.63) is 12.2 Å². The van der Waals surface area contributed by atoms with Crippen LogP contribution in [-0.2, 0) is 0 Å². The smallest absolute Gasteiger partial charge is 0.0570 e. The summed E-state index contributed by atoms with van der Waals surface area (Å²) in [4.78, 5) is 8.59.